The highest BCUT2D eigenvalue weighted by Gasteiger charge is 2.30. The highest BCUT2D eigenvalue weighted by molar-refractivity contribution is 6.30. The van der Waals surface area contributed by atoms with Crippen LogP contribution >= 0.6 is 11.6 Å². The molecule has 4 rings (SSSR count). The summed E-state index contributed by atoms with van der Waals surface area (Å²) in [5.41, 5.74) is 1.02. The van der Waals surface area contributed by atoms with Gasteiger partial charge in [0.1, 0.15) is 11.6 Å². The highest BCUT2D eigenvalue weighted by Crippen LogP contribution is 2.29. The molecule has 27 heavy (non-hydrogen) atoms. The highest BCUT2D eigenvalue weighted by atomic mass is 35.5. The SMILES string of the molecule is Cc1nc(C)n(C[C@@H]2CCCN(C[C@@H]3CO[C@@H](c4ccc(Cl)cc4)O3)C2)n1. The van der Waals surface area contributed by atoms with Crippen molar-refractivity contribution in [2.45, 2.75) is 45.6 Å². The number of hydrogen-bond donors (Lipinski definition) is 0. The molecule has 1 aromatic carbocycles. The molecular formula is C20H27ClN4O2. The van der Waals surface area contributed by atoms with Gasteiger partial charge in [-0.05, 0) is 51.3 Å². The summed E-state index contributed by atoms with van der Waals surface area (Å²) in [6, 6.07) is 7.68. The molecule has 0 radical (unpaired) electrons. The van der Waals surface area contributed by atoms with Crippen molar-refractivity contribution in [2.75, 3.05) is 26.2 Å². The fourth-order valence-corrected chi connectivity index (χ4v) is 4.20. The van der Waals surface area contributed by atoms with Crippen molar-refractivity contribution in [3.05, 3.63) is 46.5 Å². The number of benzene rings is 1. The van der Waals surface area contributed by atoms with Crippen LogP contribution in [-0.2, 0) is 16.0 Å². The number of halogens is 1. The average molecular weight is 391 g/mol. The Hall–Kier alpha value is -1.47. The molecule has 2 aliphatic heterocycles. The smallest absolute Gasteiger partial charge is 0.184 e. The molecule has 2 saturated heterocycles. The lowest BCUT2D eigenvalue weighted by molar-refractivity contribution is -0.0657. The third-order valence-electron chi connectivity index (χ3n) is 5.35. The summed E-state index contributed by atoms with van der Waals surface area (Å²) in [4.78, 5) is 6.92. The number of aryl methyl sites for hydroxylation is 2. The Balaban J connectivity index is 1.29. The van der Waals surface area contributed by atoms with E-state index >= 15 is 0 Å². The van der Waals surface area contributed by atoms with Crippen LogP contribution in [0.1, 0.15) is 36.3 Å². The maximum absolute atomic E-state index is 6.13. The molecule has 7 heteroatoms. The summed E-state index contributed by atoms with van der Waals surface area (Å²) in [6.07, 6.45) is 2.28. The van der Waals surface area contributed by atoms with E-state index in [1.165, 1.54) is 12.8 Å². The van der Waals surface area contributed by atoms with Crippen LogP contribution in [0.15, 0.2) is 24.3 Å². The standard InChI is InChI=1S/C20H27ClN4O2/c1-14-22-15(2)25(23-14)11-16-4-3-9-24(10-16)12-19-13-26-20(27-19)17-5-7-18(21)8-6-17/h5-8,16,19-20H,3-4,9-13H2,1-2H3/t16-,19-,20-/m1/s1. The van der Waals surface area contributed by atoms with E-state index in [1.807, 2.05) is 38.1 Å². The van der Waals surface area contributed by atoms with Crippen LogP contribution < -0.4 is 0 Å². The minimum atomic E-state index is -0.284. The molecule has 146 valence electrons. The van der Waals surface area contributed by atoms with Crippen molar-refractivity contribution in [3.63, 3.8) is 0 Å². The minimum absolute atomic E-state index is 0.111. The zero-order valence-electron chi connectivity index (χ0n) is 16.0. The van der Waals surface area contributed by atoms with E-state index < -0.39 is 0 Å². The molecule has 0 bridgehead atoms. The van der Waals surface area contributed by atoms with Crippen molar-refractivity contribution >= 4 is 11.6 Å². The number of aromatic nitrogens is 3. The van der Waals surface area contributed by atoms with Gasteiger partial charge in [-0.3, -0.25) is 0 Å². The van der Waals surface area contributed by atoms with E-state index in [1.54, 1.807) is 0 Å². The van der Waals surface area contributed by atoms with Crippen molar-refractivity contribution < 1.29 is 9.47 Å². The number of ether oxygens (including phenoxy) is 2. The van der Waals surface area contributed by atoms with Crippen LogP contribution in [0.3, 0.4) is 0 Å². The zero-order chi connectivity index (χ0) is 18.8. The number of likely N-dealkylation sites (tertiary alicyclic amines) is 1. The Bertz CT molecular complexity index is 764. The van der Waals surface area contributed by atoms with E-state index in [-0.39, 0.29) is 12.4 Å². The second-order valence-electron chi connectivity index (χ2n) is 7.63. The number of rotatable bonds is 5. The first-order valence-corrected chi connectivity index (χ1v) is 10.1. The van der Waals surface area contributed by atoms with Crippen LogP contribution in [0.2, 0.25) is 5.02 Å². The topological polar surface area (TPSA) is 52.4 Å². The van der Waals surface area contributed by atoms with Gasteiger partial charge in [0.15, 0.2) is 6.29 Å². The first-order chi connectivity index (χ1) is 13.1. The van der Waals surface area contributed by atoms with Gasteiger partial charge >= 0.3 is 0 Å². The van der Waals surface area contributed by atoms with Gasteiger partial charge in [-0.25, -0.2) is 9.67 Å². The first-order valence-electron chi connectivity index (χ1n) is 9.70. The molecule has 1 aromatic heterocycles. The Morgan fingerprint density at radius 3 is 2.74 bits per heavy atom. The van der Waals surface area contributed by atoms with Crippen LogP contribution in [-0.4, -0.2) is 52.0 Å². The lowest BCUT2D eigenvalue weighted by atomic mass is 9.98. The number of piperidine rings is 1. The van der Waals surface area contributed by atoms with Gasteiger partial charge in [0.25, 0.3) is 0 Å². The van der Waals surface area contributed by atoms with Crippen molar-refractivity contribution in [3.8, 4) is 0 Å². The maximum atomic E-state index is 6.13. The monoisotopic (exact) mass is 390 g/mol. The van der Waals surface area contributed by atoms with Gasteiger partial charge < -0.3 is 14.4 Å². The fraction of sp³-hybridized carbons (Fsp3) is 0.600. The molecule has 0 spiro atoms. The molecule has 2 fully saturated rings. The summed E-state index contributed by atoms with van der Waals surface area (Å²) >= 11 is 5.96. The Morgan fingerprint density at radius 1 is 1.19 bits per heavy atom. The van der Waals surface area contributed by atoms with Crippen molar-refractivity contribution in [2.24, 2.45) is 5.92 Å². The molecule has 3 atom stereocenters. The third-order valence-corrected chi connectivity index (χ3v) is 5.60. The van der Waals surface area contributed by atoms with E-state index in [0.29, 0.717) is 12.5 Å². The predicted octanol–water partition coefficient (Wildman–Crippen LogP) is 3.37. The second-order valence-corrected chi connectivity index (χ2v) is 8.07. The minimum Gasteiger partial charge on any atom is -0.346 e. The normalized spacial score (nSPS) is 26.6. The van der Waals surface area contributed by atoms with Gasteiger partial charge in [0, 0.05) is 30.2 Å². The summed E-state index contributed by atoms with van der Waals surface area (Å²) in [5.74, 6) is 2.46. The summed E-state index contributed by atoms with van der Waals surface area (Å²) < 4.78 is 14.0. The molecule has 3 heterocycles. The lowest BCUT2D eigenvalue weighted by Gasteiger charge is -2.33. The maximum Gasteiger partial charge on any atom is 0.184 e. The van der Waals surface area contributed by atoms with Gasteiger partial charge in [0.05, 0.1) is 12.7 Å². The number of nitrogens with zero attached hydrogens (tertiary/aromatic N) is 4. The lowest BCUT2D eigenvalue weighted by Crippen LogP contribution is -2.42. The van der Waals surface area contributed by atoms with E-state index in [9.17, 15) is 0 Å². The molecule has 0 N–H and O–H groups in total. The van der Waals surface area contributed by atoms with Crippen LogP contribution in [0.4, 0.5) is 0 Å². The molecule has 2 aromatic rings. The van der Waals surface area contributed by atoms with Gasteiger partial charge in [-0.15, -0.1) is 0 Å². The van der Waals surface area contributed by atoms with Crippen molar-refractivity contribution in [1.29, 1.82) is 0 Å². The van der Waals surface area contributed by atoms with Crippen molar-refractivity contribution in [1.82, 2.24) is 19.7 Å². The summed E-state index contributed by atoms with van der Waals surface area (Å²) in [7, 11) is 0. The Morgan fingerprint density at radius 2 is 2.00 bits per heavy atom. The van der Waals surface area contributed by atoms with Gasteiger partial charge in [0.2, 0.25) is 0 Å². The van der Waals surface area contributed by atoms with E-state index in [0.717, 1.165) is 48.4 Å². The molecule has 0 aliphatic carbocycles. The Labute approximate surface area is 165 Å². The second kappa shape index (κ2) is 8.27. The van der Waals surface area contributed by atoms with E-state index in [2.05, 4.69) is 19.7 Å². The molecule has 0 amide bonds. The molecular weight excluding hydrogens is 364 g/mol. The summed E-state index contributed by atoms with van der Waals surface area (Å²) in [5, 5.41) is 5.24. The predicted molar refractivity (Wildman–Crippen MR) is 104 cm³/mol. The van der Waals surface area contributed by atoms with Crippen LogP contribution in [0.5, 0.6) is 0 Å². The fourth-order valence-electron chi connectivity index (χ4n) is 4.07. The van der Waals surface area contributed by atoms with Crippen LogP contribution in [0.25, 0.3) is 0 Å². The molecule has 6 nitrogen and oxygen atoms in total. The van der Waals surface area contributed by atoms with Crippen LogP contribution in [0, 0.1) is 19.8 Å². The molecule has 0 saturated carbocycles. The average Bonchev–Trinajstić information content (AvgIpc) is 3.22. The quantitative estimate of drug-likeness (QED) is 0.783. The molecule has 2 aliphatic rings. The largest absolute Gasteiger partial charge is 0.346 e. The third kappa shape index (κ3) is 4.69. The van der Waals surface area contributed by atoms with Gasteiger partial charge in [-0.1, -0.05) is 23.7 Å². The first kappa shape index (κ1) is 18.9. The summed E-state index contributed by atoms with van der Waals surface area (Å²) in [6.45, 7) is 8.66. The molecule has 0 unspecified atom stereocenters. The number of hydrogen-bond acceptors (Lipinski definition) is 5. The zero-order valence-corrected chi connectivity index (χ0v) is 16.7. The Kier molecular flexibility index (Phi) is 5.78. The van der Waals surface area contributed by atoms with E-state index in [4.69, 9.17) is 21.1 Å². The van der Waals surface area contributed by atoms with Gasteiger partial charge in [-0.2, -0.15) is 5.10 Å².